The minimum Gasteiger partial charge on any atom is -0.353 e. The molecular formula is C14H18N6O2. The first-order valence-corrected chi connectivity index (χ1v) is 7.14. The van der Waals surface area contributed by atoms with E-state index in [0.717, 1.165) is 43.5 Å². The molecule has 0 aromatic carbocycles. The van der Waals surface area contributed by atoms with E-state index >= 15 is 0 Å². The molecule has 1 fully saturated rings. The zero-order chi connectivity index (χ0) is 15.7. The molecule has 0 saturated carbocycles. The molecule has 0 N–H and O–H groups in total. The fraction of sp³-hybridized carbons (Fsp3) is 0.429. The van der Waals surface area contributed by atoms with E-state index in [1.54, 1.807) is 12.3 Å². The van der Waals surface area contributed by atoms with Gasteiger partial charge in [0.2, 0.25) is 5.95 Å². The van der Waals surface area contributed by atoms with Gasteiger partial charge in [-0.3, -0.25) is 10.1 Å². The van der Waals surface area contributed by atoms with E-state index in [1.807, 2.05) is 24.7 Å². The topological polar surface area (TPSA) is 80.3 Å². The lowest BCUT2D eigenvalue weighted by Gasteiger charge is -2.36. The average molecular weight is 302 g/mol. The van der Waals surface area contributed by atoms with Crippen LogP contribution in [-0.2, 0) is 7.05 Å². The van der Waals surface area contributed by atoms with Gasteiger partial charge in [0, 0.05) is 51.7 Å². The summed E-state index contributed by atoms with van der Waals surface area (Å²) in [5, 5.41) is 10.8. The standard InChI is InChI=1S/C14H18N6O2/c1-11-9-12(20(21)22)10-16-13(11)18-5-7-19(8-6-18)14-15-3-4-17(14)2/h3-4,9-10H,5-8H2,1-2H3. The maximum absolute atomic E-state index is 10.8. The second-order valence-corrected chi connectivity index (χ2v) is 5.40. The molecule has 116 valence electrons. The van der Waals surface area contributed by atoms with Crippen molar-refractivity contribution in [2.45, 2.75) is 6.92 Å². The third kappa shape index (κ3) is 2.59. The number of rotatable bonds is 3. The Kier molecular flexibility index (Phi) is 3.66. The number of nitrogens with zero attached hydrogens (tertiary/aromatic N) is 6. The number of pyridine rings is 1. The van der Waals surface area contributed by atoms with Crippen molar-refractivity contribution in [3.8, 4) is 0 Å². The molecule has 0 spiro atoms. The second-order valence-electron chi connectivity index (χ2n) is 5.40. The molecule has 8 nitrogen and oxygen atoms in total. The molecule has 3 rings (SSSR count). The molecule has 2 aromatic heterocycles. The van der Waals surface area contributed by atoms with Gasteiger partial charge in [-0.15, -0.1) is 0 Å². The van der Waals surface area contributed by atoms with Crippen molar-refractivity contribution in [1.29, 1.82) is 0 Å². The van der Waals surface area contributed by atoms with Crippen LogP contribution in [0.3, 0.4) is 0 Å². The zero-order valence-electron chi connectivity index (χ0n) is 12.6. The Morgan fingerprint density at radius 3 is 2.41 bits per heavy atom. The molecule has 1 saturated heterocycles. The van der Waals surface area contributed by atoms with Gasteiger partial charge in [-0.1, -0.05) is 0 Å². The number of aryl methyl sites for hydroxylation is 2. The van der Waals surface area contributed by atoms with Crippen molar-refractivity contribution in [2.75, 3.05) is 36.0 Å². The fourth-order valence-corrected chi connectivity index (χ4v) is 2.76. The average Bonchev–Trinajstić information content (AvgIpc) is 2.93. The van der Waals surface area contributed by atoms with Crippen molar-refractivity contribution in [1.82, 2.24) is 14.5 Å². The molecule has 1 aliphatic heterocycles. The molecule has 0 unspecified atom stereocenters. The highest BCUT2D eigenvalue weighted by Crippen LogP contribution is 2.23. The van der Waals surface area contributed by atoms with E-state index in [2.05, 4.69) is 19.8 Å². The highest BCUT2D eigenvalue weighted by atomic mass is 16.6. The third-order valence-electron chi connectivity index (χ3n) is 3.90. The molecule has 0 atom stereocenters. The number of anilines is 2. The Bertz CT molecular complexity index is 690. The normalized spacial score (nSPS) is 15.2. The van der Waals surface area contributed by atoms with Gasteiger partial charge in [0.25, 0.3) is 5.69 Å². The highest BCUT2D eigenvalue weighted by Gasteiger charge is 2.22. The van der Waals surface area contributed by atoms with Crippen LogP contribution in [0, 0.1) is 17.0 Å². The quantitative estimate of drug-likeness (QED) is 0.629. The van der Waals surface area contributed by atoms with Crippen molar-refractivity contribution in [2.24, 2.45) is 7.05 Å². The van der Waals surface area contributed by atoms with E-state index in [0.29, 0.717) is 0 Å². The SMILES string of the molecule is Cc1cc([N+](=O)[O-])cnc1N1CCN(c2nccn2C)CC1. The summed E-state index contributed by atoms with van der Waals surface area (Å²) >= 11 is 0. The summed E-state index contributed by atoms with van der Waals surface area (Å²) in [4.78, 5) is 23.4. The van der Waals surface area contributed by atoms with Crippen LogP contribution in [0.5, 0.6) is 0 Å². The van der Waals surface area contributed by atoms with Crippen molar-refractivity contribution < 1.29 is 4.92 Å². The summed E-state index contributed by atoms with van der Waals surface area (Å²) in [5.74, 6) is 1.79. The van der Waals surface area contributed by atoms with E-state index in [4.69, 9.17) is 0 Å². The predicted octanol–water partition coefficient (Wildman–Crippen LogP) is 1.36. The van der Waals surface area contributed by atoms with Crippen molar-refractivity contribution in [3.05, 3.63) is 40.3 Å². The highest BCUT2D eigenvalue weighted by molar-refractivity contribution is 5.51. The lowest BCUT2D eigenvalue weighted by molar-refractivity contribution is -0.385. The van der Waals surface area contributed by atoms with Gasteiger partial charge in [-0.05, 0) is 12.5 Å². The summed E-state index contributed by atoms with van der Waals surface area (Å²) in [5.41, 5.74) is 0.868. The van der Waals surface area contributed by atoms with Crippen LogP contribution in [0.15, 0.2) is 24.7 Å². The number of aromatic nitrogens is 3. The van der Waals surface area contributed by atoms with Crippen LogP contribution >= 0.6 is 0 Å². The van der Waals surface area contributed by atoms with Gasteiger partial charge in [0.1, 0.15) is 12.0 Å². The van der Waals surface area contributed by atoms with Crippen LogP contribution in [0.1, 0.15) is 5.56 Å². The number of hydrogen-bond donors (Lipinski definition) is 0. The van der Waals surface area contributed by atoms with Crippen LogP contribution in [0.25, 0.3) is 0 Å². The van der Waals surface area contributed by atoms with Crippen LogP contribution in [0.4, 0.5) is 17.5 Å². The summed E-state index contributed by atoms with van der Waals surface area (Å²) in [7, 11) is 1.98. The Morgan fingerprint density at radius 2 is 1.86 bits per heavy atom. The molecule has 0 amide bonds. The summed E-state index contributed by atoms with van der Waals surface area (Å²) in [6.45, 7) is 5.20. The molecule has 0 bridgehead atoms. The van der Waals surface area contributed by atoms with Crippen LogP contribution in [0.2, 0.25) is 0 Å². The van der Waals surface area contributed by atoms with Crippen molar-refractivity contribution >= 4 is 17.5 Å². The van der Waals surface area contributed by atoms with E-state index in [1.165, 1.54) is 6.20 Å². The second kappa shape index (κ2) is 5.63. The maximum atomic E-state index is 10.8. The third-order valence-corrected chi connectivity index (χ3v) is 3.90. The Labute approximate surface area is 128 Å². The number of hydrogen-bond acceptors (Lipinski definition) is 6. The first-order valence-electron chi connectivity index (χ1n) is 7.14. The van der Waals surface area contributed by atoms with E-state index in [-0.39, 0.29) is 5.69 Å². The number of nitro groups is 1. The van der Waals surface area contributed by atoms with Gasteiger partial charge in [-0.2, -0.15) is 0 Å². The summed E-state index contributed by atoms with van der Waals surface area (Å²) in [6.07, 6.45) is 5.06. The Morgan fingerprint density at radius 1 is 1.18 bits per heavy atom. The fourth-order valence-electron chi connectivity index (χ4n) is 2.76. The molecule has 2 aromatic rings. The van der Waals surface area contributed by atoms with Gasteiger partial charge >= 0.3 is 0 Å². The van der Waals surface area contributed by atoms with E-state index < -0.39 is 4.92 Å². The molecule has 0 aliphatic carbocycles. The van der Waals surface area contributed by atoms with Crippen molar-refractivity contribution in [3.63, 3.8) is 0 Å². The van der Waals surface area contributed by atoms with Gasteiger partial charge in [-0.25, -0.2) is 9.97 Å². The van der Waals surface area contributed by atoms with Gasteiger partial charge in [0.05, 0.1) is 4.92 Å². The van der Waals surface area contributed by atoms with Crippen LogP contribution in [-0.4, -0.2) is 45.6 Å². The summed E-state index contributed by atoms with van der Waals surface area (Å²) < 4.78 is 2.00. The number of imidazole rings is 1. The largest absolute Gasteiger partial charge is 0.353 e. The minimum atomic E-state index is -0.414. The smallest absolute Gasteiger partial charge is 0.287 e. The first-order chi connectivity index (χ1) is 10.6. The predicted molar refractivity (Wildman–Crippen MR) is 83.3 cm³/mol. The maximum Gasteiger partial charge on any atom is 0.287 e. The molecule has 0 radical (unpaired) electrons. The lowest BCUT2D eigenvalue weighted by atomic mass is 10.2. The van der Waals surface area contributed by atoms with Gasteiger partial charge < -0.3 is 14.4 Å². The number of piperazine rings is 1. The van der Waals surface area contributed by atoms with Crippen LogP contribution < -0.4 is 9.80 Å². The van der Waals surface area contributed by atoms with E-state index in [9.17, 15) is 10.1 Å². The van der Waals surface area contributed by atoms with Gasteiger partial charge in [0.15, 0.2) is 0 Å². The lowest BCUT2D eigenvalue weighted by Crippen LogP contribution is -2.47. The molecule has 1 aliphatic rings. The molecule has 22 heavy (non-hydrogen) atoms. The Hall–Kier alpha value is -2.64. The minimum absolute atomic E-state index is 0.0351. The molecule has 3 heterocycles. The molecule has 8 heteroatoms. The summed E-state index contributed by atoms with van der Waals surface area (Å²) in [6, 6.07) is 1.58. The Balaban J connectivity index is 1.71. The monoisotopic (exact) mass is 302 g/mol. The first kappa shape index (κ1) is 14.3. The molecular weight excluding hydrogens is 284 g/mol. The zero-order valence-corrected chi connectivity index (χ0v) is 12.6.